The van der Waals surface area contributed by atoms with Crippen molar-refractivity contribution in [2.24, 2.45) is 5.73 Å². The number of aliphatic carboxylic acids is 2. The van der Waals surface area contributed by atoms with Gasteiger partial charge in [-0.2, -0.15) is 11.8 Å². The van der Waals surface area contributed by atoms with Crippen LogP contribution in [0.15, 0.2) is 24.3 Å². The zero-order valence-electron chi connectivity index (χ0n) is 20.5. The van der Waals surface area contributed by atoms with Crippen LogP contribution in [0.3, 0.4) is 0 Å². The number of phenolic OH excluding ortho intramolecular Hbond substituents is 1. The summed E-state index contributed by atoms with van der Waals surface area (Å²) in [6, 6.07) is 0.301. The molecule has 3 amide bonds. The van der Waals surface area contributed by atoms with Gasteiger partial charge in [-0.05, 0) is 49.5 Å². The normalized spacial score (nSPS) is 14.9. The third kappa shape index (κ3) is 11.5. The molecule has 206 valence electrons. The van der Waals surface area contributed by atoms with Gasteiger partial charge >= 0.3 is 11.9 Å². The van der Waals surface area contributed by atoms with Crippen LogP contribution in [-0.4, -0.2) is 92.4 Å². The Hall–Kier alpha value is -3.36. The number of carboxylic acids is 2. The quantitative estimate of drug-likeness (QED) is 0.124. The number of nitrogens with one attached hydrogen (secondary N) is 3. The van der Waals surface area contributed by atoms with Crippen molar-refractivity contribution < 1.29 is 44.4 Å². The first-order valence-corrected chi connectivity index (χ1v) is 12.8. The fourth-order valence-electron chi connectivity index (χ4n) is 3.18. The molecule has 5 unspecified atom stereocenters. The summed E-state index contributed by atoms with van der Waals surface area (Å²) in [4.78, 5) is 60.9. The van der Waals surface area contributed by atoms with Crippen LogP contribution in [0.2, 0.25) is 0 Å². The van der Waals surface area contributed by atoms with Gasteiger partial charge in [-0.1, -0.05) is 12.1 Å². The van der Waals surface area contributed by atoms with Crippen molar-refractivity contribution in [1.82, 2.24) is 16.0 Å². The first kappa shape index (κ1) is 31.7. The number of hydrogen-bond donors (Lipinski definition) is 8. The highest BCUT2D eigenvalue weighted by molar-refractivity contribution is 7.98. The molecule has 1 aromatic rings. The monoisotopic (exact) mass is 542 g/mol. The van der Waals surface area contributed by atoms with Gasteiger partial charge < -0.3 is 42.1 Å². The van der Waals surface area contributed by atoms with Gasteiger partial charge in [0, 0.05) is 12.8 Å². The number of hydrogen-bond acceptors (Lipinski definition) is 9. The molecule has 37 heavy (non-hydrogen) atoms. The van der Waals surface area contributed by atoms with E-state index in [0.717, 1.165) is 0 Å². The second-order valence-corrected chi connectivity index (χ2v) is 9.36. The first-order chi connectivity index (χ1) is 17.3. The molecule has 0 aliphatic rings. The minimum absolute atomic E-state index is 0.0268. The molecule has 0 heterocycles. The predicted molar refractivity (Wildman–Crippen MR) is 135 cm³/mol. The van der Waals surface area contributed by atoms with Crippen LogP contribution in [0.25, 0.3) is 0 Å². The first-order valence-electron chi connectivity index (χ1n) is 11.4. The lowest BCUT2D eigenvalue weighted by atomic mass is 10.0. The number of amides is 3. The van der Waals surface area contributed by atoms with E-state index in [4.69, 9.17) is 10.8 Å². The Morgan fingerprint density at radius 2 is 1.51 bits per heavy atom. The molecule has 0 fully saturated rings. The van der Waals surface area contributed by atoms with Crippen LogP contribution in [0, 0.1) is 0 Å². The minimum Gasteiger partial charge on any atom is -0.508 e. The summed E-state index contributed by atoms with van der Waals surface area (Å²) < 4.78 is 0. The molecule has 13 nitrogen and oxygen atoms in total. The molecule has 1 aromatic carbocycles. The summed E-state index contributed by atoms with van der Waals surface area (Å²) in [5, 5.41) is 44.9. The van der Waals surface area contributed by atoms with Crippen molar-refractivity contribution in [3.63, 3.8) is 0 Å². The van der Waals surface area contributed by atoms with Crippen molar-refractivity contribution in [2.45, 2.75) is 62.9 Å². The molecule has 1 rings (SSSR count). The molecule has 0 spiro atoms. The topological polar surface area (TPSA) is 228 Å². The van der Waals surface area contributed by atoms with E-state index in [9.17, 15) is 39.3 Å². The van der Waals surface area contributed by atoms with Gasteiger partial charge in [-0.25, -0.2) is 4.79 Å². The van der Waals surface area contributed by atoms with Gasteiger partial charge in [0.15, 0.2) is 0 Å². The fraction of sp³-hybridized carbons (Fsp3) is 0.522. The van der Waals surface area contributed by atoms with E-state index in [1.54, 1.807) is 0 Å². The summed E-state index contributed by atoms with van der Waals surface area (Å²) in [6.45, 7) is 1.24. The molecule has 0 aliphatic heterocycles. The number of aromatic hydroxyl groups is 1. The van der Waals surface area contributed by atoms with E-state index in [0.29, 0.717) is 17.7 Å². The SMILES string of the molecule is CSCCC(N)C(=O)NC(C(=O)NC(CCC(=O)O)C(=O)NC(Cc1ccc(O)cc1)C(=O)O)C(C)O. The number of carbonyl (C=O) groups excluding carboxylic acids is 3. The Balaban J connectivity index is 3.00. The van der Waals surface area contributed by atoms with E-state index >= 15 is 0 Å². The van der Waals surface area contributed by atoms with Gasteiger partial charge in [0.2, 0.25) is 17.7 Å². The molecule has 0 aliphatic carbocycles. The fourth-order valence-corrected chi connectivity index (χ4v) is 3.67. The third-order valence-corrected chi connectivity index (χ3v) is 5.95. The lowest BCUT2D eigenvalue weighted by Gasteiger charge is -2.26. The van der Waals surface area contributed by atoms with Crippen LogP contribution in [-0.2, 0) is 30.4 Å². The van der Waals surface area contributed by atoms with Crippen LogP contribution < -0.4 is 21.7 Å². The minimum atomic E-state index is -1.50. The standard InChI is InChI=1S/C23H34N4O9S/c1-12(28)19(27-20(32)15(24)9-10-37-2)22(34)25-16(7-8-18(30)31)21(33)26-17(23(35)36)11-13-3-5-14(29)6-4-13/h3-6,12,15-17,19,28-29H,7-11,24H2,1-2H3,(H,25,34)(H,26,33)(H,27,32)(H,30,31)(H,35,36). The van der Waals surface area contributed by atoms with Crippen LogP contribution in [0.1, 0.15) is 31.7 Å². The Bertz CT molecular complexity index is 943. The number of carboxylic acid groups (broad SMARTS) is 2. The summed E-state index contributed by atoms with van der Waals surface area (Å²) >= 11 is 1.47. The highest BCUT2D eigenvalue weighted by Gasteiger charge is 2.32. The number of aliphatic hydroxyl groups excluding tert-OH is 1. The molecular weight excluding hydrogens is 508 g/mol. The van der Waals surface area contributed by atoms with Gasteiger partial charge in [0.05, 0.1) is 12.1 Å². The molecule has 14 heteroatoms. The Morgan fingerprint density at radius 1 is 0.919 bits per heavy atom. The maximum absolute atomic E-state index is 12.9. The smallest absolute Gasteiger partial charge is 0.326 e. The number of thioether (sulfide) groups is 1. The average molecular weight is 543 g/mol. The van der Waals surface area contributed by atoms with E-state index in [1.807, 2.05) is 6.26 Å². The number of carbonyl (C=O) groups is 5. The van der Waals surface area contributed by atoms with Crippen molar-refractivity contribution in [3.8, 4) is 5.75 Å². The number of benzene rings is 1. The largest absolute Gasteiger partial charge is 0.508 e. The predicted octanol–water partition coefficient (Wildman–Crippen LogP) is -1.20. The zero-order valence-corrected chi connectivity index (χ0v) is 21.4. The van der Waals surface area contributed by atoms with E-state index in [1.165, 1.54) is 43.0 Å². The molecule has 0 saturated heterocycles. The van der Waals surface area contributed by atoms with E-state index in [2.05, 4.69) is 16.0 Å². The summed E-state index contributed by atoms with van der Waals surface area (Å²) in [6.07, 6.45) is -0.297. The van der Waals surface area contributed by atoms with Crippen LogP contribution in [0.4, 0.5) is 0 Å². The van der Waals surface area contributed by atoms with Gasteiger partial charge in [0.25, 0.3) is 0 Å². The highest BCUT2D eigenvalue weighted by atomic mass is 32.2. The second kappa shape index (κ2) is 15.7. The van der Waals surface area contributed by atoms with Gasteiger partial charge in [-0.15, -0.1) is 0 Å². The average Bonchev–Trinajstić information content (AvgIpc) is 2.83. The number of rotatable bonds is 16. The lowest BCUT2D eigenvalue weighted by molar-refractivity contribution is -0.143. The number of phenols is 1. The molecule has 0 saturated carbocycles. The van der Waals surface area contributed by atoms with Crippen molar-refractivity contribution >= 4 is 41.4 Å². The van der Waals surface area contributed by atoms with E-state index < -0.39 is 66.4 Å². The van der Waals surface area contributed by atoms with Gasteiger partial charge in [0.1, 0.15) is 23.9 Å². The Kier molecular flexibility index (Phi) is 13.4. The Labute approximate surface area is 218 Å². The molecular formula is C23H34N4O9S. The van der Waals surface area contributed by atoms with Crippen LogP contribution in [0.5, 0.6) is 5.75 Å². The Morgan fingerprint density at radius 3 is 2.03 bits per heavy atom. The summed E-state index contributed by atoms with van der Waals surface area (Å²) in [5.74, 6) is -4.71. The van der Waals surface area contributed by atoms with Crippen molar-refractivity contribution in [3.05, 3.63) is 29.8 Å². The molecule has 0 aromatic heterocycles. The summed E-state index contributed by atoms with van der Waals surface area (Å²) in [7, 11) is 0. The maximum Gasteiger partial charge on any atom is 0.326 e. The lowest BCUT2D eigenvalue weighted by Crippen LogP contribution is -2.60. The third-order valence-electron chi connectivity index (χ3n) is 5.30. The number of nitrogens with two attached hydrogens (primary N) is 1. The molecule has 5 atom stereocenters. The van der Waals surface area contributed by atoms with E-state index in [-0.39, 0.29) is 18.6 Å². The highest BCUT2D eigenvalue weighted by Crippen LogP contribution is 2.12. The van der Waals surface area contributed by atoms with Crippen molar-refractivity contribution in [1.29, 1.82) is 0 Å². The second-order valence-electron chi connectivity index (χ2n) is 8.38. The number of aliphatic hydroxyl groups is 1. The van der Waals surface area contributed by atoms with Crippen LogP contribution >= 0.6 is 11.8 Å². The molecule has 0 radical (unpaired) electrons. The zero-order chi connectivity index (χ0) is 28.1. The molecule has 0 bridgehead atoms. The summed E-state index contributed by atoms with van der Waals surface area (Å²) in [5.41, 5.74) is 6.29. The van der Waals surface area contributed by atoms with Gasteiger partial charge in [-0.3, -0.25) is 19.2 Å². The van der Waals surface area contributed by atoms with Crippen molar-refractivity contribution in [2.75, 3.05) is 12.0 Å². The maximum atomic E-state index is 12.9. The molecule has 9 N–H and O–H groups in total.